The number of hydrogen-bond donors (Lipinski definition) is 3. The van der Waals surface area contributed by atoms with Crippen LogP contribution in [-0.2, 0) is 4.79 Å². The fourth-order valence-electron chi connectivity index (χ4n) is 3.89. The lowest BCUT2D eigenvalue weighted by molar-refractivity contribution is -0.113. The maximum absolute atomic E-state index is 13.4. The second-order valence-corrected chi connectivity index (χ2v) is 8.13. The second-order valence-electron chi connectivity index (χ2n) is 7.69. The number of phenols is 1. The van der Waals surface area contributed by atoms with Crippen molar-refractivity contribution >= 4 is 29.1 Å². The standard InChI is InChI=1S/C25H20ClN5O2/c1-15-21(24(33)28-19-7-3-2-4-8-19)22(17-6-5-9-20(32)14-17)31-25(27-15)29-23(30-31)16-10-12-18(26)13-11-16/h2-14,22,32H,1H3,(H,28,33)(H,27,29,30)/t22-/m1/s1. The van der Waals surface area contributed by atoms with Gasteiger partial charge in [0.15, 0.2) is 5.82 Å². The highest BCUT2D eigenvalue weighted by molar-refractivity contribution is 6.30. The molecular formula is C25H20ClN5O2. The molecule has 1 aromatic heterocycles. The molecule has 1 atom stereocenters. The first-order chi connectivity index (χ1) is 16.0. The fraction of sp³-hybridized carbons (Fsp3) is 0.0800. The number of anilines is 2. The Morgan fingerprint density at radius 1 is 1.06 bits per heavy atom. The van der Waals surface area contributed by atoms with Gasteiger partial charge in [0.25, 0.3) is 5.91 Å². The monoisotopic (exact) mass is 457 g/mol. The van der Waals surface area contributed by atoms with E-state index in [1.54, 1.807) is 35.0 Å². The molecule has 3 N–H and O–H groups in total. The lowest BCUT2D eigenvalue weighted by Crippen LogP contribution is -2.31. The van der Waals surface area contributed by atoms with Crippen LogP contribution in [0.3, 0.4) is 0 Å². The SMILES string of the molecule is CC1=C(C(=O)Nc2ccccc2)[C@@H](c2cccc(O)c2)n2nc(-c3ccc(Cl)cc3)nc2N1. The van der Waals surface area contributed by atoms with Crippen LogP contribution in [0.2, 0.25) is 5.02 Å². The van der Waals surface area contributed by atoms with E-state index in [1.165, 1.54) is 0 Å². The summed E-state index contributed by atoms with van der Waals surface area (Å²) in [6.07, 6.45) is 0. The van der Waals surface area contributed by atoms with E-state index < -0.39 is 6.04 Å². The summed E-state index contributed by atoms with van der Waals surface area (Å²) in [7, 11) is 0. The van der Waals surface area contributed by atoms with Crippen LogP contribution < -0.4 is 10.6 Å². The van der Waals surface area contributed by atoms with Crippen LogP contribution in [-0.4, -0.2) is 25.8 Å². The highest BCUT2D eigenvalue weighted by atomic mass is 35.5. The average molecular weight is 458 g/mol. The number of carbonyl (C=O) groups is 1. The molecule has 5 rings (SSSR count). The lowest BCUT2D eigenvalue weighted by atomic mass is 9.95. The first-order valence-electron chi connectivity index (χ1n) is 10.4. The van der Waals surface area contributed by atoms with Gasteiger partial charge >= 0.3 is 0 Å². The number of rotatable bonds is 4. The summed E-state index contributed by atoms with van der Waals surface area (Å²) >= 11 is 6.02. The zero-order valence-electron chi connectivity index (χ0n) is 17.7. The van der Waals surface area contributed by atoms with Gasteiger partial charge in [0, 0.05) is 22.0 Å². The molecule has 0 radical (unpaired) electrons. The van der Waals surface area contributed by atoms with Gasteiger partial charge in [-0.2, -0.15) is 4.98 Å². The summed E-state index contributed by atoms with van der Waals surface area (Å²) in [4.78, 5) is 18.1. The Balaban J connectivity index is 1.61. The number of phenolic OH excluding ortho intramolecular Hbond substituents is 1. The maximum Gasteiger partial charge on any atom is 0.255 e. The smallest absolute Gasteiger partial charge is 0.255 e. The zero-order chi connectivity index (χ0) is 22.9. The van der Waals surface area contributed by atoms with E-state index in [2.05, 4.69) is 15.6 Å². The van der Waals surface area contributed by atoms with Crippen LogP contribution >= 0.6 is 11.6 Å². The van der Waals surface area contributed by atoms with Crippen molar-refractivity contribution in [3.8, 4) is 17.1 Å². The zero-order valence-corrected chi connectivity index (χ0v) is 18.4. The number of amides is 1. The van der Waals surface area contributed by atoms with Gasteiger partial charge in [-0.05, 0) is 61.0 Å². The lowest BCUT2D eigenvalue weighted by Gasteiger charge is -2.28. The topological polar surface area (TPSA) is 92.1 Å². The van der Waals surface area contributed by atoms with Gasteiger partial charge in [0.1, 0.15) is 11.8 Å². The summed E-state index contributed by atoms with van der Waals surface area (Å²) in [5, 5.41) is 21.6. The fourth-order valence-corrected chi connectivity index (χ4v) is 4.02. The van der Waals surface area contributed by atoms with Crippen LogP contribution in [0, 0.1) is 0 Å². The molecule has 0 fully saturated rings. The van der Waals surface area contributed by atoms with E-state index in [-0.39, 0.29) is 11.7 Å². The molecule has 0 saturated heterocycles. The van der Waals surface area contributed by atoms with Crippen molar-refractivity contribution in [2.45, 2.75) is 13.0 Å². The van der Waals surface area contributed by atoms with Crippen LogP contribution in [0.4, 0.5) is 11.6 Å². The number of carbonyl (C=O) groups excluding carboxylic acids is 1. The van der Waals surface area contributed by atoms with Crippen LogP contribution in [0.5, 0.6) is 5.75 Å². The molecule has 0 spiro atoms. The van der Waals surface area contributed by atoms with E-state index in [9.17, 15) is 9.90 Å². The number of para-hydroxylation sites is 1. The number of halogens is 1. The number of nitrogens with one attached hydrogen (secondary N) is 2. The summed E-state index contributed by atoms with van der Waals surface area (Å²) in [6, 6.07) is 22.7. The minimum atomic E-state index is -0.592. The Morgan fingerprint density at radius 3 is 2.55 bits per heavy atom. The number of nitrogens with zero attached hydrogens (tertiary/aromatic N) is 3. The number of hydrogen-bond acceptors (Lipinski definition) is 5. The largest absolute Gasteiger partial charge is 0.508 e. The highest BCUT2D eigenvalue weighted by Gasteiger charge is 2.34. The molecule has 0 aliphatic carbocycles. The maximum atomic E-state index is 13.4. The third kappa shape index (κ3) is 4.06. The summed E-state index contributed by atoms with van der Waals surface area (Å²) < 4.78 is 1.67. The highest BCUT2D eigenvalue weighted by Crippen LogP contribution is 2.37. The Labute approximate surface area is 195 Å². The molecule has 4 aromatic rings. The number of benzene rings is 3. The van der Waals surface area contributed by atoms with Gasteiger partial charge in [-0.3, -0.25) is 4.79 Å². The molecule has 1 aliphatic rings. The summed E-state index contributed by atoms with van der Waals surface area (Å²) in [5.74, 6) is 0.832. The van der Waals surface area contributed by atoms with E-state index in [0.717, 1.165) is 5.56 Å². The molecule has 3 aromatic carbocycles. The van der Waals surface area contributed by atoms with E-state index >= 15 is 0 Å². The van der Waals surface area contributed by atoms with Crippen molar-refractivity contribution in [1.82, 2.24) is 14.8 Å². The number of fused-ring (bicyclic) bond motifs is 1. The molecule has 7 nitrogen and oxygen atoms in total. The predicted octanol–water partition coefficient (Wildman–Crippen LogP) is 5.23. The first-order valence-corrected chi connectivity index (χ1v) is 10.7. The quantitative estimate of drug-likeness (QED) is 0.390. The third-order valence-corrected chi connectivity index (χ3v) is 5.67. The molecule has 0 unspecified atom stereocenters. The number of allylic oxidation sites excluding steroid dienone is 1. The Bertz CT molecular complexity index is 1360. The van der Waals surface area contributed by atoms with Gasteiger partial charge in [-0.1, -0.05) is 41.9 Å². The molecule has 1 amide bonds. The van der Waals surface area contributed by atoms with Gasteiger partial charge < -0.3 is 15.7 Å². The van der Waals surface area contributed by atoms with Crippen molar-refractivity contribution in [2.24, 2.45) is 0 Å². The molecule has 0 bridgehead atoms. The molecule has 2 heterocycles. The minimum Gasteiger partial charge on any atom is -0.508 e. The average Bonchev–Trinajstić information content (AvgIpc) is 3.22. The molecule has 33 heavy (non-hydrogen) atoms. The van der Waals surface area contributed by atoms with Gasteiger partial charge in [0.2, 0.25) is 5.95 Å². The van der Waals surface area contributed by atoms with Crippen LogP contribution in [0.25, 0.3) is 11.4 Å². The molecule has 164 valence electrons. The third-order valence-electron chi connectivity index (χ3n) is 5.42. The summed E-state index contributed by atoms with van der Waals surface area (Å²) in [5.41, 5.74) is 3.32. The van der Waals surface area contributed by atoms with E-state index in [0.29, 0.717) is 39.3 Å². The van der Waals surface area contributed by atoms with Crippen molar-refractivity contribution in [3.05, 3.63) is 101 Å². The first kappa shape index (κ1) is 20.8. The molecule has 0 saturated carbocycles. The Kier molecular flexibility index (Phi) is 5.32. The molecule has 1 aliphatic heterocycles. The Hall–Kier alpha value is -4.10. The van der Waals surface area contributed by atoms with Gasteiger partial charge in [-0.25, -0.2) is 4.68 Å². The second kappa shape index (κ2) is 8.44. The Morgan fingerprint density at radius 2 is 1.82 bits per heavy atom. The number of aromatic hydroxyl groups is 1. The van der Waals surface area contributed by atoms with E-state index in [4.69, 9.17) is 16.7 Å². The van der Waals surface area contributed by atoms with Crippen molar-refractivity contribution in [1.29, 1.82) is 0 Å². The van der Waals surface area contributed by atoms with Crippen molar-refractivity contribution in [3.63, 3.8) is 0 Å². The van der Waals surface area contributed by atoms with Crippen molar-refractivity contribution in [2.75, 3.05) is 10.6 Å². The van der Waals surface area contributed by atoms with Crippen LogP contribution in [0.15, 0.2) is 90.1 Å². The van der Waals surface area contributed by atoms with Crippen molar-refractivity contribution < 1.29 is 9.90 Å². The minimum absolute atomic E-state index is 0.103. The molecule has 8 heteroatoms. The van der Waals surface area contributed by atoms with E-state index in [1.807, 2.05) is 55.5 Å². The van der Waals surface area contributed by atoms with Gasteiger partial charge in [-0.15, -0.1) is 5.10 Å². The summed E-state index contributed by atoms with van der Waals surface area (Å²) in [6.45, 7) is 1.83. The normalized spacial score (nSPS) is 15.0. The molecular weight excluding hydrogens is 438 g/mol. The van der Waals surface area contributed by atoms with Gasteiger partial charge in [0.05, 0.1) is 5.57 Å². The van der Waals surface area contributed by atoms with Crippen LogP contribution in [0.1, 0.15) is 18.5 Å². The number of aromatic nitrogens is 3. The predicted molar refractivity (Wildman–Crippen MR) is 128 cm³/mol.